The Bertz CT molecular complexity index is 2180. The molecule has 0 spiro atoms. The second-order valence-corrected chi connectivity index (χ2v) is 16.0. The molecule has 5 atom stereocenters. The molecule has 14 nitrogen and oxygen atoms in total. The topological polar surface area (TPSA) is 170 Å². The number of ether oxygens (including phenoxy) is 2. The molecule has 4 N–H and O–H groups in total. The standard InChI is InChI=1S/C44H54N8O6/c1-25(2)37(49-43(55)57-5)41(53)51-21-9-13-35(51)39-45-23-33(47-39)28-17-15-27(16-18-28)29-19-20-32(31-12-8-7-11-30(29)31)34-24-46-40(48-34)36-14-10-22-52(36)42(54)38(26(3)4)50-44(56)58-6/h7-8,11-12,15-20,24-26,33,35-38H,9-10,13-14,21-23H2,1-6H3,(H,45,47)(H,46,48)(H,49,55)(H,50,56)/t33?,35-,36-,37-,38-/m0/s1. The van der Waals surface area contributed by atoms with E-state index in [9.17, 15) is 19.2 Å². The monoisotopic (exact) mass is 790 g/mol. The van der Waals surface area contributed by atoms with Crippen molar-refractivity contribution < 1.29 is 28.7 Å². The minimum Gasteiger partial charge on any atom is -0.453 e. The number of rotatable bonds is 11. The first-order valence-corrected chi connectivity index (χ1v) is 20.3. The molecule has 14 heteroatoms. The van der Waals surface area contributed by atoms with Crippen LogP contribution in [0.2, 0.25) is 0 Å². The quantitative estimate of drug-likeness (QED) is 0.136. The Morgan fingerprint density at radius 1 is 0.741 bits per heavy atom. The number of benzene rings is 3. The van der Waals surface area contributed by atoms with Crippen LogP contribution < -0.4 is 16.0 Å². The number of aromatic amines is 1. The first-order valence-electron chi connectivity index (χ1n) is 20.3. The molecular formula is C44H54N8O6. The molecule has 0 radical (unpaired) electrons. The van der Waals surface area contributed by atoms with Crippen LogP contribution in [-0.2, 0) is 19.1 Å². The van der Waals surface area contributed by atoms with E-state index >= 15 is 0 Å². The van der Waals surface area contributed by atoms with Crippen molar-refractivity contribution in [2.45, 2.75) is 83.6 Å². The predicted molar refractivity (Wildman–Crippen MR) is 222 cm³/mol. The number of nitrogens with one attached hydrogen (secondary N) is 4. The number of aliphatic imine (C=N–C) groups is 1. The fourth-order valence-electron chi connectivity index (χ4n) is 8.56. The third-order valence-corrected chi connectivity index (χ3v) is 11.7. The van der Waals surface area contributed by atoms with Gasteiger partial charge in [-0.15, -0.1) is 0 Å². The Morgan fingerprint density at radius 3 is 1.88 bits per heavy atom. The number of amidine groups is 1. The van der Waals surface area contributed by atoms with Crippen LogP contribution in [0.3, 0.4) is 0 Å². The number of hydrogen-bond donors (Lipinski definition) is 4. The molecule has 4 heterocycles. The van der Waals surface area contributed by atoms with Crippen molar-refractivity contribution in [3.8, 4) is 22.4 Å². The van der Waals surface area contributed by atoms with Gasteiger partial charge in [-0.2, -0.15) is 0 Å². The molecule has 306 valence electrons. The third kappa shape index (κ3) is 8.09. The number of imidazole rings is 1. The molecule has 58 heavy (non-hydrogen) atoms. The SMILES string of the molecule is COC(=O)N[C@H](C(=O)N1CCC[C@H]1C1=NCC(c2ccc(-c3ccc(-c4cnc([C@@H]5CCCN5C(=O)[C@@H](NC(=O)OC)C(C)C)[nH]4)c4ccccc34)cc2)N1)C(C)C. The van der Waals surface area contributed by atoms with Gasteiger partial charge >= 0.3 is 12.2 Å². The lowest BCUT2D eigenvalue weighted by molar-refractivity contribution is -0.135. The normalized spacial score (nSPS) is 20.2. The molecule has 0 aliphatic carbocycles. The second kappa shape index (κ2) is 17.3. The van der Waals surface area contributed by atoms with Crippen LogP contribution in [0.25, 0.3) is 33.2 Å². The van der Waals surface area contributed by atoms with E-state index in [1.165, 1.54) is 14.2 Å². The van der Waals surface area contributed by atoms with Crippen LogP contribution in [0.15, 0.2) is 71.9 Å². The summed E-state index contributed by atoms with van der Waals surface area (Å²) in [5.41, 5.74) is 5.18. The summed E-state index contributed by atoms with van der Waals surface area (Å²) in [7, 11) is 2.59. The molecule has 3 aliphatic heterocycles. The number of amides is 4. The molecule has 4 aromatic rings. The van der Waals surface area contributed by atoms with Gasteiger partial charge in [0.25, 0.3) is 0 Å². The summed E-state index contributed by atoms with van der Waals surface area (Å²) in [6, 6.07) is 19.4. The zero-order chi connectivity index (χ0) is 41.1. The van der Waals surface area contributed by atoms with Gasteiger partial charge in [0.2, 0.25) is 11.8 Å². The highest BCUT2D eigenvalue weighted by Gasteiger charge is 2.40. The van der Waals surface area contributed by atoms with E-state index in [4.69, 9.17) is 19.5 Å². The molecule has 2 fully saturated rings. The zero-order valence-corrected chi connectivity index (χ0v) is 34.1. The fourth-order valence-corrected chi connectivity index (χ4v) is 8.56. The van der Waals surface area contributed by atoms with Crippen molar-refractivity contribution in [1.29, 1.82) is 0 Å². The van der Waals surface area contributed by atoms with Crippen LogP contribution in [0.1, 0.15) is 76.8 Å². The first-order chi connectivity index (χ1) is 28.0. The van der Waals surface area contributed by atoms with Gasteiger partial charge in [0.1, 0.15) is 23.7 Å². The second-order valence-electron chi connectivity index (χ2n) is 16.0. The fraction of sp³-hybridized carbons (Fsp3) is 0.455. The number of nitrogens with zero attached hydrogens (tertiary/aromatic N) is 4. The summed E-state index contributed by atoms with van der Waals surface area (Å²) in [6.45, 7) is 9.41. The molecule has 0 saturated carbocycles. The van der Waals surface area contributed by atoms with Gasteiger partial charge in [-0.1, -0.05) is 88.4 Å². The first kappa shape index (κ1) is 40.3. The number of likely N-dealkylation sites (tertiary alicyclic amines) is 2. The number of hydrogen-bond acceptors (Lipinski definition) is 9. The van der Waals surface area contributed by atoms with E-state index < -0.39 is 24.3 Å². The van der Waals surface area contributed by atoms with Gasteiger partial charge in [0.15, 0.2) is 0 Å². The van der Waals surface area contributed by atoms with Gasteiger partial charge < -0.3 is 40.2 Å². The van der Waals surface area contributed by atoms with Crippen molar-refractivity contribution >= 4 is 40.6 Å². The number of fused-ring (bicyclic) bond motifs is 1. The van der Waals surface area contributed by atoms with Crippen molar-refractivity contribution in [3.05, 3.63) is 78.2 Å². The van der Waals surface area contributed by atoms with Crippen molar-refractivity contribution in [2.24, 2.45) is 16.8 Å². The third-order valence-electron chi connectivity index (χ3n) is 11.7. The Labute approximate surface area is 339 Å². The van der Waals surface area contributed by atoms with Crippen LogP contribution >= 0.6 is 0 Å². The summed E-state index contributed by atoms with van der Waals surface area (Å²) in [5.74, 6) is 1.06. The van der Waals surface area contributed by atoms with Gasteiger partial charge in [-0.25, -0.2) is 14.6 Å². The van der Waals surface area contributed by atoms with E-state index in [0.29, 0.717) is 19.6 Å². The highest BCUT2D eigenvalue weighted by atomic mass is 16.5. The van der Waals surface area contributed by atoms with Gasteiger partial charge in [0, 0.05) is 18.7 Å². The molecular weight excluding hydrogens is 737 g/mol. The van der Waals surface area contributed by atoms with E-state index in [-0.39, 0.29) is 41.8 Å². The van der Waals surface area contributed by atoms with E-state index in [2.05, 4.69) is 69.5 Å². The maximum atomic E-state index is 13.7. The highest BCUT2D eigenvalue weighted by Crippen LogP contribution is 2.38. The molecule has 0 bridgehead atoms. The molecule has 1 unspecified atom stereocenters. The van der Waals surface area contributed by atoms with Crippen molar-refractivity contribution in [1.82, 2.24) is 35.7 Å². The molecule has 4 amide bonds. The van der Waals surface area contributed by atoms with E-state index in [0.717, 1.165) is 76.1 Å². The van der Waals surface area contributed by atoms with Crippen molar-refractivity contribution in [3.63, 3.8) is 0 Å². The minimum atomic E-state index is -0.699. The summed E-state index contributed by atoms with van der Waals surface area (Å²) < 4.78 is 9.57. The number of alkyl carbamates (subject to hydrolysis) is 2. The zero-order valence-electron chi connectivity index (χ0n) is 34.1. The molecule has 3 aliphatic rings. The number of methoxy groups -OCH3 is 2. The van der Waals surface area contributed by atoms with Gasteiger partial charge in [-0.05, 0) is 65.0 Å². The Morgan fingerprint density at radius 2 is 1.29 bits per heavy atom. The number of carbonyl (C=O) groups is 4. The van der Waals surface area contributed by atoms with Crippen LogP contribution in [0.4, 0.5) is 9.59 Å². The Hall–Kier alpha value is -5.92. The number of aromatic nitrogens is 2. The lowest BCUT2D eigenvalue weighted by atomic mass is 9.93. The van der Waals surface area contributed by atoms with Crippen LogP contribution in [-0.4, -0.2) is 102 Å². The summed E-state index contributed by atoms with van der Waals surface area (Å²) >= 11 is 0. The highest BCUT2D eigenvalue weighted by molar-refractivity contribution is 6.04. The number of H-pyrrole nitrogens is 1. The lowest BCUT2D eigenvalue weighted by Crippen LogP contribution is -2.54. The van der Waals surface area contributed by atoms with Crippen LogP contribution in [0, 0.1) is 11.8 Å². The molecule has 2 saturated heterocycles. The van der Waals surface area contributed by atoms with Crippen molar-refractivity contribution in [2.75, 3.05) is 33.9 Å². The molecule has 3 aromatic carbocycles. The van der Waals surface area contributed by atoms with Crippen LogP contribution in [0.5, 0.6) is 0 Å². The average molecular weight is 791 g/mol. The lowest BCUT2D eigenvalue weighted by Gasteiger charge is -2.31. The summed E-state index contributed by atoms with van der Waals surface area (Å²) in [5, 5.41) is 11.2. The van der Waals surface area contributed by atoms with Gasteiger partial charge in [0.05, 0.1) is 50.8 Å². The van der Waals surface area contributed by atoms with E-state index in [1.54, 1.807) is 0 Å². The Kier molecular flexibility index (Phi) is 12.0. The average Bonchev–Trinajstić information content (AvgIpc) is 4.08. The van der Waals surface area contributed by atoms with Gasteiger partial charge in [-0.3, -0.25) is 14.6 Å². The largest absolute Gasteiger partial charge is 0.453 e. The number of carbonyl (C=O) groups excluding carboxylic acids is 4. The maximum Gasteiger partial charge on any atom is 0.407 e. The predicted octanol–water partition coefficient (Wildman–Crippen LogP) is 6.36. The van der Waals surface area contributed by atoms with E-state index in [1.807, 2.05) is 55.8 Å². The Balaban J connectivity index is 1.06. The minimum absolute atomic E-state index is 0.0177. The summed E-state index contributed by atoms with van der Waals surface area (Å²) in [4.78, 5) is 68.2. The maximum absolute atomic E-state index is 13.7. The summed E-state index contributed by atoms with van der Waals surface area (Å²) in [6.07, 6.45) is 3.89. The molecule has 1 aromatic heterocycles. The molecule has 7 rings (SSSR count). The smallest absolute Gasteiger partial charge is 0.407 e.